The molecule has 1 aliphatic heterocycles. The molecule has 0 aromatic carbocycles. The van der Waals surface area contributed by atoms with Gasteiger partial charge >= 0.3 is 0 Å². The van der Waals surface area contributed by atoms with Crippen molar-refractivity contribution < 1.29 is 9.32 Å². The van der Waals surface area contributed by atoms with E-state index in [1.807, 2.05) is 11.8 Å². The van der Waals surface area contributed by atoms with E-state index >= 15 is 0 Å². The molecule has 24 heavy (non-hydrogen) atoms. The van der Waals surface area contributed by atoms with Crippen molar-refractivity contribution in [1.82, 2.24) is 25.2 Å². The summed E-state index contributed by atoms with van der Waals surface area (Å²) in [6.07, 6.45) is 5.37. The SMILES string of the molecule is Cc1cc([C@H]2CCCN(C(=O)CCc3nc(C4CC4)no3)C2)n[nH]1. The molecule has 1 N–H and O–H groups in total. The highest BCUT2D eigenvalue weighted by Gasteiger charge is 2.29. The minimum absolute atomic E-state index is 0.165. The number of piperidine rings is 1. The molecule has 0 spiro atoms. The van der Waals surface area contributed by atoms with Crippen LogP contribution in [-0.4, -0.2) is 44.2 Å². The number of nitrogens with one attached hydrogen (secondary N) is 1. The summed E-state index contributed by atoms with van der Waals surface area (Å²) >= 11 is 0. The van der Waals surface area contributed by atoms with Crippen molar-refractivity contribution in [2.45, 2.75) is 57.3 Å². The number of rotatable bonds is 5. The second kappa shape index (κ2) is 6.37. The van der Waals surface area contributed by atoms with Gasteiger partial charge in [-0.05, 0) is 38.7 Å². The van der Waals surface area contributed by atoms with Crippen LogP contribution in [0.15, 0.2) is 10.6 Å². The topological polar surface area (TPSA) is 87.9 Å². The minimum atomic E-state index is 0.165. The van der Waals surface area contributed by atoms with Gasteiger partial charge in [-0.3, -0.25) is 9.89 Å². The van der Waals surface area contributed by atoms with Gasteiger partial charge in [0.1, 0.15) is 0 Å². The van der Waals surface area contributed by atoms with Crippen molar-refractivity contribution in [3.05, 3.63) is 29.2 Å². The van der Waals surface area contributed by atoms with Gasteiger partial charge in [0.2, 0.25) is 11.8 Å². The van der Waals surface area contributed by atoms with Crippen LogP contribution >= 0.6 is 0 Å². The Morgan fingerprint density at radius 1 is 1.38 bits per heavy atom. The maximum Gasteiger partial charge on any atom is 0.227 e. The van der Waals surface area contributed by atoms with Crippen molar-refractivity contribution in [2.75, 3.05) is 13.1 Å². The number of nitrogens with zero attached hydrogens (tertiary/aromatic N) is 4. The molecule has 0 radical (unpaired) electrons. The van der Waals surface area contributed by atoms with Crippen LogP contribution in [0.4, 0.5) is 0 Å². The Balaban J connectivity index is 1.31. The van der Waals surface area contributed by atoms with Crippen molar-refractivity contribution in [3.63, 3.8) is 0 Å². The summed E-state index contributed by atoms with van der Waals surface area (Å²) in [5.74, 6) is 2.38. The summed E-state index contributed by atoms with van der Waals surface area (Å²) in [6, 6.07) is 2.08. The third-order valence-electron chi connectivity index (χ3n) is 4.90. The molecule has 128 valence electrons. The Morgan fingerprint density at radius 2 is 2.25 bits per heavy atom. The lowest BCUT2D eigenvalue weighted by molar-refractivity contribution is -0.132. The molecule has 2 aliphatic rings. The van der Waals surface area contributed by atoms with E-state index in [0.717, 1.165) is 56.0 Å². The molecule has 3 heterocycles. The van der Waals surface area contributed by atoms with Crippen LogP contribution in [0, 0.1) is 6.92 Å². The lowest BCUT2D eigenvalue weighted by Gasteiger charge is -2.32. The van der Waals surface area contributed by atoms with Crippen LogP contribution in [0.3, 0.4) is 0 Å². The zero-order valence-electron chi connectivity index (χ0n) is 14.0. The highest BCUT2D eigenvalue weighted by Crippen LogP contribution is 2.38. The molecule has 1 amide bonds. The smallest absolute Gasteiger partial charge is 0.227 e. The summed E-state index contributed by atoms with van der Waals surface area (Å²) in [7, 11) is 0. The number of hydrogen-bond donors (Lipinski definition) is 1. The quantitative estimate of drug-likeness (QED) is 0.909. The number of aromatic amines is 1. The molecule has 0 unspecified atom stereocenters. The Hall–Kier alpha value is -2.18. The Bertz CT molecular complexity index is 718. The zero-order chi connectivity index (χ0) is 16.5. The van der Waals surface area contributed by atoms with Crippen molar-refractivity contribution in [2.24, 2.45) is 0 Å². The first-order valence-electron chi connectivity index (χ1n) is 8.81. The van der Waals surface area contributed by atoms with Gasteiger partial charge in [0.05, 0.1) is 5.69 Å². The van der Waals surface area contributed by atoms with E-state index in [4.69, 9.17) is 4.52 Å². The van der Waals surface area contributed by atoms with Crippen molar-refractivity contribution >= 4 is 5.91 Å². The lowest BCUT2D eigenvalue weighted by Crippen LogP contribution is -2.39. The summed E-state index contributed by atoms with van der Waals surface area (Å²) in [5, 5.41) is 11.3. The average molecular weight is 329 g/mol. The van der Waals surface area contributed by atoms with Crippen molar-refractivity contribution in [1.29, 1.82) is 0 Å². The Morgan fingerprint density at radius 3 is 3.00 bits per heavy atom. The summed E-state index contributed by atoms with van der Waals surface area (Å²) < 4.78 is 5.25. The number of carbonyl (C=O) groups excluding carboxylic acids is 1. The number of hydrogen-bond acceptors (Lipinski definition) is 5. The lowest BCUT2D eigenvalue weighted by atomic mass is 9.94. The van der Waals surface area contributed by atoms with Crippen molar-refractivity contribution in [3.8, 4) is 0 Å². The highest BCUT2D eigenvalue weighted by atomic mass is 16.5. The summed E-state index contributed by atoms with van der Waals surface area (Å²) in [4.78, 5) is 18.9. The standard InChI is InChI=1S/C17H23N5O2/c1-11-9-14(20-19-11)13-3-2-8-22(10-13)16(23)7-6-15-18-17(21-24-15)12-4-5-12/h9,12-13H,2-8,10H2,1H3,(H,19,20)/t13-/m0/s1. The zero-order valence-corrected chi connectivity index (χ0v) is 14.0. The first kappa shape index (κ1) is 15.4. The summed E-state index contributed by atoms with van der Waals surface area (Å²) in [5.41, 5.74) is 2.13. The van der Waals surface area contributed by atoms with Crippen LogP contribution < -0.4 is 0 Å². The van der Waals surface area contributed by atoms with E-state index in [9.17, 15) is 4.79 Å². The average Bonchev–Trinajstić information content (AvgIpc) is 3.18. The van der Waals surface area contributed by atoms with Crippen LogP contribution in [0.1, 0.15) is 67.0 Å². The van der Waals surface area contributed by atoms with Gasteiger partial charge in [0, 0.05) is 43.5 Å². The van der Waals surface area contributed by atoms with Crippen LogP contribution in [0.5, 0.6) is 0 Å². The molecule has 2 fully saturated rings. The molecule has 1 saturated carbocycles. The van der Waals surface area contributed by atoms with E-state index in [0.29, 0.717) is 30.6 Å². The van der Waals surface area contributed by atoms with E-state index in [2.05, 4.69) is 26.4 Å². The maximum atomic E-state index is 12.5. The largest absolute Gasteiger partial charge is 0.342 e. The molecule has 4 rings (SSSR count). The van der Waals surface area contributed by atoms with Gasteiger partial charge < -0.3 is 9.42 Å². The third kappa shape index (κ3) is 3.34. The minimum Gasteiger partial charge on any atom is -0.342 e. The molecule has 2 aromatic rings. The number of aryl methyl sites for hydroxylation is 2. The van der Waals surface area contributed by atoms with Gasteiger partial charge in [-0.2, -0.15) is 10.1 Å². The van der Waals surface area contributed by atoms with Gasteiger partial charge in [-0.25, -0.2) is 0 Å². The summed E-state index contributed by atoms with van der Waals surface area (Å²) in [6.45, 7) is 3.58. The predicted molar refractivity (Wildman–Crippen MR) is 86.5 cm³/mol. The van der Waals surface area contributed by atoms with Crippen LogP contribution in [-0.2, 0) is 11.2 Å². The predicted octanol–water partition coefficient (Wildman–Crippen LogP) is 2.32. The molecule has 1 atom stereocenters. The molecule has 1 aliphatic carbocycles. The van der Waals surface area contributed by atoms with Gasteiger partial charge in [-0.15, -0.1) is 0 Å². The maximum absolute atomic E-state index is 12.5. The van der Waals surface area contributed by atoms with E-state index < -0.39 is 0 Å². The first-order valence-corrected chi connectivity index (χ1v) is 8.81. The molecule has 7 nitrogen and oxygen atoms in total. The Kier molecular flexibility index (Phi) is 4.08. The van der Waals surface area contributed by atoms with E-state index in [-0.39, 0.29) is 5.91 Å². The van der Waals surface area contributed by atoms with Gasteiger partial charge in [-0.1, -0.05) is 5.16 Å². The second-order valence-corrected chi connectivity index (χ2v) is 6.98. The molecule has 0 bridgehead atoms. The molecular formula is C17H23N5O2. The second-order valence-electron chi connectivity index (χ2n) is 6.98. The monoisotopic (exact) mass is 329 g/mol. The molecular weight excluding hydrogens is 306 g/mol. The highest BCUT2D eigenvalue weighted by molar-refractivity contribution is 5.76. The fourth-order valence-corrected chi connectivity index (χ4v) is 3.34. The Labute approximate surface area is 140 Å². The molecule has 7 heteroatoms. The van der Waals surface area contributed by atoms with Gasteiger partial charge in [0.25, 0.3) is 0 Å². The van der Waals surface area contributed by atoms with E-state index in [1.165, 1.54) is 0 Å². The number of amides is 1. The number of H-pyrrole nitrogens is 1. The molecule has 1 saturated heterocycles. The fraction of sp³-hybridized carbons (Fsp3) is 0.647. The third-order valence-corrected chi connectivity index (χ3v) is 4.90. The number of aromatic nitrogens is 4. The fourth-order valence-electron chi connectivity index (χ4n) is 3.34. The van der Waals surface area contributed by atoms with Crippen LogP contribution in [0.2, 0.25) is 0 Å². The van der Waals surface area contributed by atoms with Gasteiger partial charge in [0.15, 0.2) is 5.82 Å². The van der Waals surface area contributed by atoms with E-state index in [1.54, 1.807) is 0 Å². The normalized spacial score (nSPS) is 21.2. The first-order chi connectivity index (χ1) is 11.7. The van der Waals surface area contributed by atoms with Crippen LogP contribution in [0.25, 0.3) is 0 Å². The number of likely N-dealkylation sites (tertiary alicyclic amines) is 1. The number of carbonyl (C=O) groups is 1. The molecule has 2 aromatic heterocycles.